The number of carbonyl (C=O) groups is 1. The van der Waals surface area contributed by atoms with Gasteiger partial charge < -0.3 is 9.80 Å². The van der Waals surface area contributed by atoms with Gasteiger partial charge in [0.15, 0.2) is 0 Å². The number of thiocarbonyl (C=S) groups is 1. The molecule has 4 rings (SSSR count). The number of piperazine rings is 1. The van der Waals surface area contributed by atoms with Gasteiger partial charge in [-0.3, -0.25) is 19.1 Å². The van der Waals surface area contributed by atoms with E-state index in [0.29, 0.717) is 58.0 Å². The molecule has 170 valence electrons. The number of likely N-dealkylation sites (N-methyl/N-ethyl adjacent to an activating group) is 1. The number of halogens is 1. The van der Waals surface area contributed by atoms with E-state index in [4.69, 9.17) is 12.2 Å². The van der Waals surface area contributed by atoms with E-state index in [9.17, 15) is 19.2 Å². The van der Waals surface area contributed by atoms with Gasteiger partial charge in [-0.25, -0.2) is 4.39 Å². The molecule has 7 nitrogen and oxygen atoms in total. The van der Waals surface area contributed by atoms with Gasteiger partial charge in [0.25, 0.3) is 11.5 Å². The fourth-order valence-electron chi connectivity index (χ4n) is 4.14. The molecule has 0 atom stereocenters. The minimum Gasteiger partial charge on any atom is -0.366 e. The summed E-state index contributed by atoms with van der Waals surface area (Å²) in [5.74, 6) is 0.146. The zero-order valence-electron chi connectivity index (χ0n) is 18.5. The molecule has 0 bridgehead atoms. The molecule has 2 saturated heterocycles. The van der Waals surface area contributed by atoms with Crippen molar-refractivity contribution < 1.29 is 9.18 Å². The van der Waals surface area contributed by atoms with Crippen LogP contribution in [0.2, 0.25) is 0 Å². The number of hydrogen-bond acceptors (Lipinski definition) is 7. The first kappa shape index (κ1) is 23.0. The average molecular weight is 484 g/mol. The predicted octanol–water partition coefficient (Wildman–Crippen LogP) is 2.86. The van der Waals surface area contributed by atoms with Crippen molar-refractivity contribution >= 4 is 51.8 Å². The van der Waals surface area contributed by atoms with Crippen LogP contribution in [0.1, 0.15) is 16.7 Å². The number of amides is 1. The topological polar surface area (TPSA) is 72.6 Å². The molecule has 1 aromatic carbocycles. The highest BCUT2D eigenvalue weighted by Crippen LogP contribution is 2.35. The van der Waals surface area contributed by atoms with E-state index in [2.05, 4.69) is 0 Å². The minimum absolute atomic E-state index is 0.0458. The van der Waals surface area contributed by atoms with Crippen LogP contribution in [-0.4, -0.2) is 52.9 Å². The van der Waals surface area contributed by atoms with Crippen LogP contribution in [0.5, 0.6) is 0 Å². The molecule has 1 amide bonds. The highest BCUT2D eigenvalue weighted by atomic mass is 32.2. The maximum atomic E-state index is 14.3. The van der Waals surface area contributed by atoms with Gasteiger partial charge in [-0.1, -0.05) is 36.1 Å². The van der Waals surface area contributed by atoms with Crippen LogP contribution in [0.4, 0.5) is 15.9 Å². The van der Waals surface area contributed by atoms with E-state index in [1.54, 1.807) is 45.3 Å². The zero-order chi connectivity index (χ0) is 23.9. The summed E-state index contributed by atoms with van der Waals surface area (Å²) in [5.41, 5.74) is 1.37. The Hall–Kier alpha value is -3.16. The van der Waals surface area contributed by atoms with Gasteiger partial charge in [-0.2, -0.15) is 5.26 Å². The standard InChI is InChI=1S/C23H22FN5O2S2/c1-14-15(12-19-22(31)27(3)23(32)33-19)20(26(2)21(30)16(14)13-25)29-10-8-28(9-11-29)18-7-5-4-6-17(18)24/h4-7,12H,8-11H2,1-3H3. The summed E-state index contributed by atoms with van der Waals surface area (Å²) < 4.78 is 16.2. The van der Waals surface area contributed by atoms with Crippen LogP contribution in [0.15, 0.2) is 34.0 Å². The molecule has 0 unspecified atom stereocenters. The van der Waals surface area contributed by atoms with Gasteiger partial charge in [0.05, 0.1) is 10.6 Å². The predicted molar refractivity (Wildman–Crippen MR) is 133 cm³/mol. The average Bonchev–Trinajstić information content (AvgIpc) is 3.05. The van der Waals surface area contributed by atoms with Crippen molar-refractivity contribution in [1.29, 1.82) is 5.26 Å². The molecule has 2 aromatic rings. The first-order valence-corrected chi connectivity index (χ1v) is 11.6. The minimum atomic E-state index is -0.387. The molecule has 0 spiro atoms. The lowest BCUT2D eigenvalue weighted by Gasteiger charge is -2.38. The van der Waals surface area contributed by atoms with Crippen molar-refractivity contribution in [1.82, 2.24) is 9.47 Å². The number of pyridine rings is 1. The molecule has 2 aliphatic heterocycles. The van der Waals surface area contributed by atoms with Crippen molar-refractivity contribution in [3.8, 4) is 6.07 Å². The number of nitriles is 1. The number of para-hydroxylation sites is 1. The van der Waals surface area contributed by atoms with Crippen LogP contribution in [0.25, 0.3) is 6.08 Å². The summed E-state index contributed by atoms with van der Waals surface area (Å²) in [6, 6.07) is 8.67. The number of nitrogens with zero attached hydrogens (tertiary/aromatic N) is 5. The number of rotatable bonds is 3. The van der Waals surface area contributed by atoms with Gasteiger partial charge in [0.2, 0.25) is 0 Å². The Kier molecular flexibility index (Phi) is 6.28. The van der Waals surface area contributed by atoms with Gasteiger partial charge in [-0.05, 0) is 30.7 Å². The fraction of sp³-hybridized carbons (Fsp3) is 0.304. The van der Waals surface area contributed by atoms with Crippen molar-refractivity contribution in [2.45, 2.75) is 6.92 Å². The Morgan fingerprint density at radius 3 is 2.33 bits per heavy atom. The second kappa shape index (κ2) is 9.00. The number of aromatic nitrogens is 1. The second-order valence-corrected chi connectivity index (χ2v) is 9.56. The van der Waals surface area contributed by atoms with Crippen molar-refractivity contribution in [2.24, 2.45) is 7.05 Å². The van der Waals surface area contributed by atoms with Crippen LogP contribution in [-0.2, 0) is 11.8 Å². The normalized spacial score (nSPS) is 17.8. The Morgan fingerprint density at radius 1 is 1.12 bits per heavy atom. The van der Waals surface area contributed by atoms with Crippen LogP contribution in [0, 0.1) is 24.1 Å². The number of hydrogen-bond donors (Lipinski definition) is 0. The molecule has 0 aliphatic carbocycles. The van der Waals surface area contributed by atoms with Gasteiger partial charge >= 0.3 is 0 Å². The Morgan fingerprint density at radius 2 is 1.76 bits per heavy atom. The number of thioether (sulfide) groups is 1. The molecule has 0 N–H and O–H groups in total. The summed E-state index contributed by atoms with van der Waals surface area (Å²) in [6.45, 7) is 3.93. The molecule has 2 fully saturated rings. The Labute approximate surface area is 200 Å². The third-order valence-corrected chi connectivity index (χ3v) is 7.49. The molecule has 1 aromatic heterocycles. The molecule has 3 heterocycles. The SMILES string of the molecule is Cc1c(C=C2SC(=S)N(C)C2=O)c(N2CCN(c3ccccc3F)CC2)n(C)c(=O)c1C#N. The first-order valence-electron chi connectivity index (χ1n) is 10.3. The van der Waals surface area contributed by atoms with Crippen LogP contribution in [0.3, 0.4) is 0 Å². The third-order valence-electron chi connectivity index (χ3n) is 6.00. The van der Waals surface area contributed by atoms with Crippen LogP contribution < -0.4 is 15.4 Å². The van der Waals surface area contributed by atoms with E-state index >= 15 is 0 Å². The molecular formula is C23H22FN5O2S2. The summed E-state index contributed by atoms with van der Waals surface area (Å²) in [5, 5.41) is 9.59. The lowest BCUT2D eigenvalue weighted by atomic mass is 10.0. The smallest absolute Gasteiger partial charge is 0.270 e. The summed E-state index contributed by atoms with van der Waals surface area (Å²) >= 11 is 6.43. The molecular weight excluding hydrogens is 461 g/mol. The van der Waals surface area contributed by atoms with E-state index in [1.165, 1.54) is 27.3 Å². The fourth-order valence-corrected chi connectivity index (χ4v) is 5.30. The largest absolute Gasteiger partial charge is 0.366 e. The highest BCUT2D eigenvalue weighted by molar-refractivity contribution is 8.26. The maximum Gasteiger partial charge on any atom is 0.270 e. The molecule has 33 heavy (non-hydrogen) atoms. The summed E-state index contributed by atoms with van der Waals surface area (Å²) in [6.07, 6.45) is 1.72. The third kappa shape index (κ3) is 4.03. The molecule has 2 aliphatic rings. The molecule has 0 saturated carbocycles. The molecule has 0 radical (unpaired) electrons. The quantitative estimate of drug-likeness (QED) is 0.491. The number of anilines is 2. The summed E-state index contributed by atoms with van der Waals surface area (Å²) in [4.78, 5) is 31.4. The zero-order valence-corrected chi connectivity index (χ0v) is 20.1. The second-order valence-electron chi connectivity index (χ2n) is 7.88. The first-order chi connectivity index (χ1) is 15.7. The maximum absolute atomic E-state index is 14.3. The van der Waals surface area contributed by atoms with Crippen molar-refractivity contribution in [3.05, 3.63) is 62.0 Å². The van der Waals surface area contributed by atoms with Crippen molar-refractivity contribution in [3.63, 3.8) is 0 Å². The van der Waals surface area contributed by atoms with Gasteiger partial charge in [0.1, 0.15) is 27.6 Å². The van der Waals surface area contributed by atoms with Gasteiger partial charge in [-0.15, -0.1) is 0 Å². The van der Waals surface area contributed by atoms with E-state index in [-0.39, 0.29) is 22.8 Å². The number of carbonyl (C=O) groups excluding carboxylic acids is 1. The van der Waals surface area contributed by atoms with Gasteiger partial charge in [0, 0.05) is 45.8 Å². The van der Waals surface area contributed by atoms with E-state index in [0.717, 1.165) is 0 Å². The van der Waals surface area contributed by atoms with Crippen LogP contribution >= 0.6 is 24.0 Å². The van der Waals surface area contributed by atoms with E-state index in [1.807, 2.05) is 15.9 Å². The Balaban J connectivity index is 1.75. The Bertz CT molecular complexity index is 1290. The lowest BCUT2D eigenvalue weighted by molar-refractivity contribution is -0.121. The van der Waals surface area contributed by atoms with E-state index < -0.39 is 0 Å². The number of benzene rings is 1. The monoisotopic (exact) mass is 483 g/mol. The lowest BCUT2D eigenvalue weighted by Crippen LogP contribution is -2.48. The summed E-state index contributed by atoms with van der Waals surface area (Å²) in [7, 11) is 3.25. The molecule has 10 heteroatoms. The highest BCUT2D eigenvalue weighted by Gasteiger charge is 2.31. The van der Waals surface area contributed by atoms with Crippen molar-refractivity contribution in [2.75, 3.05) is 43.0 Å².